The van der Waals surface area contributed by atoms with Crippen molar-refractivity contribution in [1.82, 2.24) is 20.2 Å². The molecule has 3 rings (SSSR count). The monoisotopic (exact) mass is 274 g/mol. The standard InChI is InChI=1S/C15H22N4O/c1-12-17-10-13(18-12)9-16-11-14(15-5-4-8-20-15)19-6-2-3-7-19/h4-5,8,10,14,16H,2-3,6-7,9,11H2,1H3,(H,17,18). The zero-order valence-corrected chi connectivity index (χ0v) is 11.9. The highest BCUT2D eigenvalue weighted by atomic mass is 16.3. The highest BCUT2D eigenvalue weighted by Crippen LogP contribution is 2.24. The van der Waals surface area contributed by atoms with Crippen LogP contribution in [0.25, 0.3) is 0 Å². The minimum absolute atomic E-state index is 0.330. The number of aromatic amines is 1. The van der Waals surface area contributed by atoms with Crippen LogP contribution in [0.5, 0.6) is 0 Å². The number of likely N-dealkylation sites (tertiary alicyclic amines) is 1. The zero-order valence-electron chi connectivity index (χ0n) is 11.9. The third-order valence-electron chi connectivity index (χ3n) is 3.86. The fourth-order valence-electron chi connectivity index (χ4n) is 2.85. The Balaban J connectivity index is 1.58. The summed E-state index contributed by atoms with van der Waals surface area (Å²) in [6, 6.07) is 4.37. The lowest BCUT2D eigenvalue weighted by Gasteiger charge is -2.26. The Morgan fingerprint density at radius 1 is 1.45 bits per heavy atom. The Morgan fingerprint density at radius 3 is 2.95 bits per heavy atom. The van der Waals surface area contributed by atoms with Gasteiger partial charge in [-0.1, -0.05) is 0 Å². The molecule has 0 radical (unpaired) electrons. The summed E-state index contributed by atoms with van der Waals surface area (Å²) in [6.45, 7) is 6.00. The molecule has 1 aliphatic heterocycles. The van der Waals surface area contributed by atoms with Crippen LogP contribution in [0.4, 0.5) is 0 Å². The lowest BCUT2D eigenvalue weighted by molar-refractivity contribution is 0.209. The second kappa shape index (κ2) is 6.24. The summed E-state index contributed by atoms with van der Waals surface area (Å²) in [5, 5.41) is 3.51. The normalized spacial score (nSPS) is 17.6. The van der Waals surface area contributed by atoms with Crippen molar-refractivity contribution >= 4 is 0 Å². The first kappa shape index (κ1) is 13.4. The molecule has 1 atom stereocenters. The van der Waals surface area contributed by atoms with Crippen LogP contribution in [0.15, 0.2) is 29.0 Å². The van der Waals surface area contributed by atoms with Crippen LogP contribution in [0.2, 0.25) is 0 Å². The zero-order chi connectivity index (χ0) is 13.8. The Hall–Kier alpha value is -1.59. The molecule has 0 bridgehead atoms. The number of hydrogen-bond acceptors (Lipinski definition) is 4. The molecule has 108 valence electrons. The summed E-state index contributed by atoms with van der Waals surface area (Å²) in [4.78, 5) is 9.96. The molecule has 1 fully saturated rings. The molecule has 1 aliphatic rings. The lowest BCUT2D eigenvalue weighted by atomic mass is 10.2. The van der Waals surface area contributed by atoms with Gasteiger partial charge < -0.3 is 14.7 Å². The predicted octanol–water partition coefficient (Wildman–Crippen LogP) is 2.24. The van der Waals surface area contributed by atoms with E-state index in [0.29, 0.717) is 6.04 Å². The van der Waals surface area contributed by atoms with Gasteiger partial charge in [0.25, 0.3) is 0 Å². The van der Waals surface area contributed by atoms with Gasteiger partial charge >= 0.3 is 0 Å². The summed E-state index contributed by atoms with van der Waals surface area (Å²) < 4.78 is 5.61. The van der Waals surface area contributed by atoms with Gasteiger partial charge in [0.2, 0.25) is 0 Å². The Labute approximate surface area is 119 Å². The van der Waals surface area contributed by atoms with Crippen molar-refractivity contribution in [2.24, 2.45) is 0 Å². The topological polar surface area (TPSA) is 57.1 Å². The van der Waals surface area contributed by atoms with E-state index in [1.807, 2.05) is 19.2 Å². The maximum absolute atomic E-state index is 5.61. The van der Waals surface area contributed by atoms with Crippen LogP contribution in [-0.2, 0) is 6.54 Å². The molecule has 1 unspecified atom stereocenters. The second-order valence-electron chi connectivity index (χ2n) is 5.40. The van der Waals surface area contributed by atoms with Gasteiger partial charge in [0.05, 0.1) is 12.3 Å². The van der Waals surface area contributed by atoms with E-state index >= 15 is 0 Å². The smallest absolute Gasteiger partial charge is 0.122 e. The molecular formula is C15H22N4O. The highest BCUT2D eigenvalue weighted by molar-refractivity contribution is 5.07. The second-order valence-corrected chi connectivity index (χ2v) is 5.40. The average Bonchev–Trinajstić information content (AvgIpc) is 3.18. The van der Waals surface area contributed by atoms with E-state index in [4.69, 9.17) is 4.42 Å². The SMILES string of the molecule is Cc1ncc(CNCC(c2ccco2)N2CCCC2)[nH]1. The molecule has 1 saturated heterocycles. The van der Waals surface area contributed by atoms with Crippen LogP contribution < -0.4 is 5.32 Å². The van der Waals surface area contributed by atoms with Crippen LogP contribution in [-0.4, -0.2) is 34.5 Å². The van der Waals surface area contributed by atoms with E-state index < -0.39 is 0 Å². The van der Waals surface area contributed by atoms with Crippen molar-refractivity contribution in [1.29, 1.82) is 0 Å². The molecule has 2 N–H and O–H groups in total. The van der Waals surface area contributed by atoms with Gasteiger partial charge in [-0.2, -0.15) is 0 Å². The van der Waals surface area contributed by atoms with Crippen molar-refractivity contribution in [3.05, 3.63) is 41.9 Å². The van der Waals surface area contributed by atoms with Crippen molar-refractivity contribution < 1.29 is 4.42 Å². The fourth-order valence-corrected chi connectivity index (χ4v) is 2.85. The van der Waals surface area contributed by atoms with E-state index in [1.54, 1.807) is 6.26 Å². The van der Waals surface area contributed by atoms with E-state index in [-0.39, 0.29) is 0 Å². The number of aromatic nitrogens is 2. The molecule has 0 spiro atoms. The van der Waals surface area contributed by atoms with E-state index in [2.05, 4.69) is 26.3 Å². The van der Waals surface area contributed by atoms with Gasteiger partial charge in [-0.25, -0.2) is 4.98 Å². The van der Waals surface area contributed by atoms with Gasteiger partial charge in [0, 0.05) is 25.0 Å². The van der Waals surface area contributed by atoms with E-state index in [9.17, 15) is 0 Å². The molecule has 2 aromatic rings. The quantitative estimate of drug-likeness (QED) is 0.848. The van der Waals surface area contributed by atoms with Gasteiger partial charge in [0.1, 0.15) is 11.6 Å². The molecule has 0 aromatic carbocycles. The maximum Gasteiger partial charge on any atom is 0.122 e. The number of nitrogens with zero attached hydrogens (tertiary/aromatic N) is 2. The molecule has 0 aliphatic carbocycles. The van der Waals surface area contributed by atoms with Gasteiger partial charge in [-0.15, -0.1) is 0 Å². The summed E-state index contributed by atoms with van der Waals surface area (Å²) >= 11 is 0. The predicted molar refractivity (Wildman–Crippen MR) is 77.3 cm³/mol. The number of nitrogens with one attached hydrogen (secondary N) is 2. The van der Waals surface area contributed by atoms with Crippen LogP contribution in [0.1, 0.15) is 36.2 Å². The number of rotatable bonds is 6. The molecule has 20 heavy (non-hydrogen) atoms. The molecular weight excluding hydrogens is 252 g/mol. The summed E-state index contributed by atoms with van der Waals surface area (Å²) in [5.74, 6) is 2.02. The lowest BCUT2D eigenvalue weighted by Crippen LogP contribution is -2.33. The third kappa shape index (κ3) is 3.11. The highest BCUT2D eigenvalue weighted by Gasteiger charge is 2.25. The maximum atomic E-state index is 5.61. The molecule has 2 aromatic heterocycles. The Bertz CT molecular complexity index is 514. The summed E-state index contributed by atoms with van der Waals surface area (Å²) in [6.07, 6.45) is 6.23. The Morgan fingerprint density at radius 2 is 2.30 bits per heavy atom. The minimum Gasteiger partial charge on any atom is -0.468 e. The molecule has 0 saturated carbocycles. The van der Waals surface area contributed by atoms with Crippen LogP contribution in [0, 0.1) is 6.92 Å². The largest absolute Gasteiger partial charge is 0.468 e. The van der Waals surface area contributed by atoms with E-state index in [0.717, 1.165) is 43.5 Å². The number of hydrogen-bond donors (Lipinski definition) is 2. The van der Waals surface area contributed by atoms with Gasteiger partial charge in [0.15, 0.2) is 0 Å². The van der Waals surface area contributed by atoms with Gasteiger partial charge in [-0.05, 0) is 45.0 Å². The van der Waals surface area contributed by atoms with Crippen molar-refractivity contribution in [2.45, 2.75) is 32.4 Å². The number of imidazole rings is 1. The van der Waals surface area contributed by atoms with E-state index in [1.165, 1.54) is 12.8 Å². The first-order chi connectivity index (χ1) is 9.83. The van der Waals surface area contributed by atoms with Gasteiger partial charge in [-0.3, -0.25) is 4.90 Å². The Kier molecular flexibility index (Phi) is 4.18. The third-order valence-corrected chi connectivity index (χ3v) is 3.86. The first-order valence-corrected chi connectivity index (χ1v) is 7.31. The number of furan rings is 1. The molecule has 5 heteroatoms. The average molecular weight is 274 g/mol. The van der Waals surface area contributed by atoms with Crippen LogP contribution in [0.3, 0.4) is 0 Å². The van der Waals surface area contributed by atoms with Crippen molar-refractivity contribution in [3.63, 3.8) is 0 Å². The van der Waals surface area contributed by atoms with Crippen LogP contribution >= 0.6 is 0 Å². The first-order valence-electron chi connectivity index (χ1n) is 7.31. The van der Waals surface area contributed by atoms with Crippen molar-refractivity contribution in [2.75, 3.05) is 19.6 Å². The number of aryl methyl sites for hydroxylation is 1. The summed E-state index contributed by atoms with van der Waals surface area (Å²) in [5.41, 5.74) is 1.13. The fraction of sp³-hybridized carbons (Fsp3) is 0.533. The molecule has 0 amide bonds. The molecule has 3 heterocycles. The van der Waals surface area contributed by atoms with Crippen molar-refractivity contribution in [3.8, 4) is 0 Å². The minimum atomic E-state index is 0.330. The number of H-pyrrole nitrogens is 1. The molecule has 5 nitrogen and oxygen atoms in total. The summed E-state index contributed by atoms with van der Waals surface area (Å²) in [7, 11) is 0.